The average molecular weight is 375 g/mol. The van der Waals surface area contributed by atoms with Crippen LogP contribution >= 0.6 is 0 Å². The van der Waals surface area contributed by atoms with E-state index in [1.54, 1.807) is 7.05 Å². The van der Waals surface area contributed by atoms with Crippen molar-refractivity contribution >= 4 is 11.6 Å². The van der Waals surface area contributed by atoms with E-state index in [4.69, 9.17) is 4.74 Å². The molecule has 0 aliphatic heterocycles. The minimum Gasteiger partial charge on any atom is -0.381 e. The Morgan fingerprint density at radius 2 is 1.85 bits per heavy atom. The minimum absolute atomic E-state index is 0.569. The van der Waals surface area contributed by atoms with Gasteiger partial charge >= 0.3 is 0 Å². The summed E-state index contributed by atoms with van der Waals surface area (Å²) in [6.45, 7) is 5.31. The zero-order valence-electron chi connectivity index (χ0n) is 16.8. The minimum atomic E-state index is 0.569. The van der Waals surface area contributed by atoms with Crippen molar-refractivity contribution in [3.8, 4) is 0 Å². The number of aliphatic imine (C=N–C) groups is 1. The molecule has 0 saturated carbocycles. The van der Waals surface area contributed by atoms with Crippen molar-refractivity contribution in [1.29, 1.82) is 0 Å². The van der Waals surface area contributed by atoms with E-state index in [2.05, 4.69) is 32.7 Å². The molecule has 0 aliphatic carbocycles. The lowest BCUT2D eigenvalue weighted by molar-refractivity contribution is 0.128. The van der Waals surface area contributed by atoms with Gasteiger partial charge in [-0.1, -0.05) is 45.1 Å². The standard InChI is InChI=1S/C20H34N6O/c1-3-4-5-6-7-10-15-27-16-11-13-22-20(21-2)23-17-19-25-24-18-12-8-9-14-26(18)19/h8-9,12,14H,3-7,10-11,13,15-17H2,1-2H3,(H2,21,22,23). The molecule has 2 heterocycles. The number of hydrogen-bond acceptors (Lipinski definition) is 4. The molecule has 2 rings (SSSR count). The van der Waals surface area contributed by atoms with Gasteiger partial charge in [0, 0.05) is 33.0 Å². The number of pyridine rings is 1. The highest BCUT2D eigenvalue weighted by atomic mass is 16.5. The van der Waals surface area contributed by atoms with Gasteiger partial charge < -0.3 is 15.4 Å². The summed E-state index contributed by atoms with van der Waals surface area (Å²) in [6, 6.07) is 5.86. The van der Waals surface area contributed by atoms with Crippen LogP contribution in [0.25, 0.3) is 5.65 Å². The van der Waals surface area contributed by atoms with Crippen LogP contribution < -0.4 is 10.6 Å². The number of unbranched alkanes of at least 4 members (excludes halogenated alkanes) is 5. The van der Waals surface area contributed by atoms with Gasteiger partial charge in [-0.3, -0.25) is 9.39 Å². The summed E-state index contributed by atoms with van der Waals surface area (Å²) in [4.78, 5) is 4.25. The zero-order valence-corrected chi connectivity index (χ0v) is 16.8. The van der Waals surface area contributed by atoms with Crippen LogP contribution in [-0.2, 0) is 11.3 Å². The van der Waals surface area contributed by atoms with E-state index in [1.165, 1.54) is 38.5 Å². The maximum Gasteiger partial charge on any atom is 0.191 e. The van der Waals surface area contributed by atoms with E-state index >= 15 is 0 Å². The SMILES string of the molecule is CCCCCCCCOCCCNC(=NC)NCc1nnc2ccccn12. The summed E-state index contributed by atoms with van der Waals surface area (Å²) in [7, 11) is 1.77. The monoisotopic (exact) mass is 374 g/mol. The van der Waals surface area contributed by atoms with Crippen LogP contribution in [0.5, 0.6) is 0 Å². The molecular weight excluding hydrogens is 340 g/mol. The molecule has 0 aliphatic rings. The van der Waals surface area contributed by atoms with Crippen LogP contribution in [-0.4, -0.2) is 47.4 Å². The fraction of sp³-hybridized carbons (Fsp3) is 0.650. The topological polar surface area (TPSA) is 75.8 Å². The predicted octanol–water partition coefficient (Wildman–Crippen LogP) is 3.16. The fourth-order valence-electron chi connectivity index (χ4n) is 2.86. The first-order valence-corrected chi connectivity index (χ1v) is 10.2. The van der Waals surface area contributed by atoms with Crippen LogP contribution in [0.2, 0.25) is 0 Å². The number of nitrogens with zero attached hydrogens (tertiary/aromatic N) is 4. The lowest BCUT2D eigenvalue weighted by Gasteiger charge is -2.11. The highest BCUT2D eigenvalue weighted by Gasteiger charge is 2.05. The van der Waals surface area contributed by atoms with E-state index < -0.39 is 0 Å². The molecule has 0 fully saturated rings. The quantitative estimate of drug-likeness (QED) is 0.320. The summed E-state index contributed by atoms with van der Waals surface area (Å²) in [5.41, 5.74) is 0.847. The molecule has 0 unspecified atom stereocenters. The molecule has 0 atom stereocenters. The average Bonchev–Trinajstić information content (AvgIpc) is 3.11. The van der Waals surface area contributed by atoms with Gasteiger partial charge in [0.2, 0.25) is 0 Å². The molecular formula is C20H34N6O. The van der Waals surface area contributed by atoms with E-state index in [-0.39, 0.29) is 0 Å². The highest BCUT2D eigenvalue weighted by Crippen LogP contribution is 2.05. The lowest BCUT2D eigenvalue weighted by Crippen LogP contribution is -2.38. The van der Waals surface area contributed by atoms with Crippen molar-refractivity contribution in [3.05, 3.63) is 30.2 Å². The van der Waals surface area contributed by atoms with Crippen LogP contribution in [0, 0.1) is 0 Å². The van der Waals surface area contributed by atoms with Gasteiger partial charge in [0.05, 0.1) is 6.54 Å². The molecule has 2 aromatic rings. The first-order chi connectivity index (χ1) is 13.3. The number of fused-ring (bicyclic) bond motifs is 1. The fourth-order valence-corrected chi connectivity index (χ4v) is 2.86. The van der Waals surface area contributed by atoms with Gasteiger partial charge in [0.1, 0.15) is 0 Å². The summed E-state index contributed by atoms with van der Waals surface area (Å²) in [5.74, 6) is 1.62. The Labute approximate surface area is 162 Å². The lowest BCUT2D eigenvalue weighted by atomic mass is 10.1. The molecule has 2 aromatic heterocycles. The van der Waals surface area contributed by atoms with Crippen molar-refractivity contribution in [3.63, 3.8) is 0 Å². The van der Waals surface area contributed by atoms with Gasteiger partial charge in [-0.25, -0.2) is 0 Å². The third-order valence-corrected chi connectivity index (χ3v) is 4.42. The molecule has 0 radical (unpaired) electrons. The van der Waals surface area contributed by atoms with Crippen molar-refractivity contribution in [2.45, 2.75) is 58.4 Å². The van der Waals surface area contributed by atoms with Crippen molar-refractivity contribution in [2.24, 2.45) is 4.99 Å². The number of ether oxygens (including phenoxy) is 1. The molecule has 0 saturated heterocycles. The highest BCUT2D eigenvalue weighted by molar-refractivity contribution is 5.79. The summed E-state index contributed by atoms with van der Waals surface area (Å²) in [5, 5.41) is 14.9. The van der Waals surface area contributed by atoms with Gasteiger partial charge in [-0.15, -0.1) is 10.2 Å². The number of guanidine groups is 1. The third-order valence-electron chi connectivity index (χ3n) is 4.42. The number of hydrogen-bond donors (Lipinski definition) is 2. The largest absolute Gasteiger partial charge is 0.381 e. The maximum absolute atomic E-state index is 5.70. The Balaban J connectivity index is 1.52. The van der Waals surface area contributed by atoms with Crippen LogP contribution in [0.3, 0.4) is 0 Å². The Kier molecular flexibility index (Phi) is 10.3. The summed E-state index contributed by atoms with van der Waals surface area (Å²) in [6.07, 6.45) is 10.7. The molecule has 27 heavy (non-hydrogen) atoms. The Hall–Kier alpha value is -2.15. The third kappa shape index (κ3) is 7.95. The number of aromatic nitrogens is 3. The molecule has 0 aromatic carbocycles. The van der Waals surface area contributed by atoms with Gasteiger partial charge in [-0.2, -0.15) is 0 Å². The van der Waals surface area contributed by atoms with Crippen molar-refractivity contribution in [2.75, 3.05) is 26.8 Å². The molecule has 0 bridgehead atoms. The zero-order chi connectivity index (χ0) is 19.2. The first kappa shape index (κ1) is 21.2. The van der Waals surface area contributed by atoms with Crippen LogP contribution in [0.4, 0.5) is 0 Å². The molecule has 150 valence electrons. The van der Waals surface area contributed by atoms with Crippen molar-refractivity contribution in [1.82, 2.24) is 25.2 Å². The van der Waals surface area contributed by atoms with E-state index in [0.29, 0.717) is 6.54 Å². The summed E-state index contributed by atoms with van der Waals surface area (Å²) < 4.78 is 7.67. The van der Waals surface area contributed by atoms with Crippen LogP contribution in [0.1, 0.15) is 57.7 Å². The number of rotatable bonds is 13. The summed E-state index contributed by atoms with van der Waals surface area (Å²) >= 11 is 0. The van der Waals surface area contributed by atoms with Gasteiger partial charge in [0.25, 0.3) is 0 Å². The first-order valence-electron chi connectivity index (χ1n) is 10.2. The second-order valence-corrected chi connectivity index (χ2v) is 6.63. The molecule has 2 N–H and O–H groups in total. The number of nitrogens with one attached hydrogen (secondary N) is 2. The molecule has 0 spiro atoms. The smallest absolute Gasteiger partial charge is 0.191 e. The van der Waals surface area contributed by atoms with Crippen LogP contribution in [0.15, 0.2) is 29.4 Å². The van der Waals surface area contributed by atoms with Gasteiger partial charge in [-0.05, 0) is 25.0 Å². The molecule has 7 nitrogen and oxygen atoms in total. The predicted molar refractivity (Wildman–Crippen MR) is 110 cm³/mol. The van der Waals surface area contributed by atoms with Crippen molar-refractivity contribution < 1.29 is 4.74 Å². The van der Waals surface area contributed by atoms with Gasteiger partial charge in [0.15, 0.2) is 17.4 Å². The Morgan fingerprint density at radius 3 is 2.70 bits per heavy atom. The Morgan fingerprint density at radius 1 is 1.04 bits per heavy atom. The van der Waals surface area contributed by atoms with E-state index in [0.717, 1.165) is 43.6 Å². The maximum atomic E-state index is 5.70. The molecule has 0 amide bonds. The van der Waals surface area contributed by atoms with E-state index in [1.807, 2.05) is 28.8 Å². The normalized spacial score (nSPS) is 11.9. The second-order valence-electron chi connectivity index (χ2n) is 6.63. The molecule has 7 heteroatoms. The Bertz CT molecular complexity index is 669. The van der Waals surface area contributed by atoms with E-state index in [9.17, 15) is 0 Å². The second kappa shape index (κ2) is 13.1.